The standard InChI is InChI=1S/C8H2ClF3N2O/c9-7(15)6-5(8(10,11)12)4(3-13)1-2-14-6/h1-2H. The molecule has 0 amide bonds. The van der Waals surface area contributed by atoms with Crippen LogP contribution < -0.4 is 0 Å². The van der Waals surface area contributed by atoms with Crippen LogP contribution in [0.15, 0.2) is 12.3 Å². The Hall–Kier alpha value is -1.61. The van der Waals surface area contributed by atoms with Crippen molar-refractivity contribution in [1.29, 1.82) is 5.26 Å². The maximum absolute atomic E-state index is 12.5. The highest BCUT2D eigenvalue weighted by atomic mass is 35.5. The molecule has 0 spiro atoms. The smallest absolute Gasteiger partial charge is 0.274 e. The molecular weight excluding hydrogens is 233 g/mol. The Kier molecular flexibility index (Phi) is 2.95. The van der Waals surface area contributed by atoms with Crippen LogP contribution in [0, 0.1) is 11.3 Å². The molecule has 15 heavy (non-hydrogen) atoms. The molecule has 0 radical (unpaired) electrons. The maximum Gasteiger partial charge on any atom is 0.419 e. The summed E-state index contributed by atoms with van der Waals surface area (Å²) >= 11 is 4.93. The number of aromatic nitrogens is 1. The summed E-state index contributed by atoms with van der Waals surface area (Å²) in [7, 11) is 0. The van der Waals surface area contributed by atoms with Crippen LogP contribution in [0.4, 0.5) is 13.2 Å². The molecule has 0 fully saturated rings. The molecule has 0 aliphatic carbocycles. The number of carbonyl (C=O) groups is 1. The molecule has 1 aromatic rings. The molecule has 0 unspecified atom stereocenters. The Morgan fingerprint density at radius 2 is 2.13 bits per heavy atom. The molecular formula is C8H2ClF3N2O. The molecule has 0 atom stereocenters. The fraction of sp³-hybridized carbons (Fsp3) is 0.125. The molecule has 78 valence electrons. The first-order valence-electron chi connectivity index (χ1n) is 3.54. The van der Waals surface area contributed by atoms with Crippen molar-refractivity contribution in [3.63, 3.8) is 0 Å². The Labute approximate surface area is 87.1 Å². The van der Waals surface area contributed by atoms with Gasteiger partial charge in [0.05, 0.1) is 11.6 Å². The quantitative estimate of drug-likeness (QED) is 0.701. The molecule has 0 aromatic carbocycles. The third kappa shape index (κ3) is 2.25. The van der Waals surface area contributed by atoms with Crippen LogP contribution in [-0.2, 0) is 6.18 Å². The molecule has 0 N–H and O–H groups in total. The van der Waals surface area contributed by atoms with Crippen LogP contribution in [-0.4, -0.2) is 10.2 Å². The Morgan fingerprint density at radius 3 is 2.53 bits per heavy atom. The lowest BCUT2D eigenvalue weighted by molar-refractivity contribution is -0.138. The number of hydrogen-bond acceptors (Lipinski definition) is 3. The highest BCUT2D eigenvalue weighted by Crippen LogP contribution is 2.34. The van der Waals surface area contributed by atoms with E-state index in [-0.39, 0.29) is 0 Å². The number of halogens is 4. The van der Waals surface area contributed by atoms with Crippen molar-refractivity contribution in [1.82, 2.24) is 4.98 Å². The highest BCUT2D eigenvalue weighted by molar-refractivity contribution is 6.67. The summed E-state index contributed by atoms with van der Waals surface area (Å²) in [6, 6.07) is 2.19. The summed E-state index contributed by atoms with van der Waals surface area (Å²) in [6.45, 7) is 0. The van der Waals surface area contributed by atoms with Crippen molar-refractivity contribution in [3.05, 3.63) is 29.1 Å². The van der Waals surface area contributed by atoms with Crippen LogP contribution in [0.5, 0.6) is 0 Å². The average molecular weight is 235 g/mol. The Balaban J connectivity index is 3.57. The minimum absolute atomic E-state index is 0.679. The largest absolute Gasteiger partial charge is 0.419 e. The summed E-state index contributed by atoms with van der Waals surface area (Å²) in [5.74, 6) is 0. The Bertz CT molecular complexity index is 450. The number of pyridine rings is 1. The van der Waals surface area contributed by atoms with E-state index in [1.807, 2.05) is 0 Å². The van der Waals surface area contributed by atoms with Crippen LogP contribution in [0.3, 0.4) is 0 Å². The maximum atomic E-state index is 12.5. The highest BCUT2D eigenvalue weighted by Gasteiger charge is 2.38. The van der Waals surface area contributed by atoms with Crippen molar-refractivity contribution < 1.29 is 18.0 Å². The van der Waals surface area contributed by atoms with E-state index in [9.17, 15) is 18.0 Å². The van der Waals surface area contributed by atoms with E-state index >= 15 is 0 Å². The normalized spacial score (nSPS) is 10.9. The second-order valence-electron chi connectivity index (χ2n) is 2.47. The fourth-order valence-corrected chi connectivity index (χ4v) is 1.13. The first-order chi connectivity index (χ1) is 6.88. The van der Waals surface area contributed by atoms with Gasteiger partial charge in [0.1, 0.15) is 11.3 Å². The summed E-state index contributed by atoms with van der Waals surface area (Å²) in [5.41, 5.74) is -3.03. The van der Waals surface area contributed by atoms with Crippen molar-refractivity contribution in [2.24, 2.45) is 0 Å². The van der Waals surface area contributed by atoms with Crippen LogP contribution in [0.2, 0.25) is 0 Å². The number of carbonyl (C=O) groups excluding carboxylic acids is 1. The van der Waals surface area contributed by atoms with Gasteiger partial charge < -0.3 is 0 Å². The first kappa shape index (κ1) is 11.5. The van der Waals surface area contributed by atoms with Crippen LogP contribution >= 0.6 is 11.6 Å². The zero-order chi connectivity index (χ0) is 11.6. The van der Waals surface area contributed by atoms with E-state index in [0.29, 0.717) is 0 Å². The minimum atomic E-state index is -4.83. The second-order valence-corrected chi connectivity index (χ2v) is 2.81. The predicted octanol–water partition coefficient (Wildman–Crippen LogP) is 2.35. The van der Waals surface area contributed by atoms with E-state index < -0.39 is 28.2 Å². The summed E-state index contributed by atoms with van der Waals surface area (Å²) in [4.78, 5) is 13.9. The van der Waals surface area contributed by atoms with Gasteiger partial charge in [0.15, 0.2) is 0 Å². The van der Waals surface area contributed by atoms with Gasteiger partial charge in [0.25, 0.3) is 5.24 Å². The van der Waals surface area contributed by atoms with E-state index in [4.69, 9.17) is 16.9 Å². The van der Waals surface area contributed by atoms with E-state index in [1.54, 1.807) is 0 Å². The van der Waals surface area contributed by atoms with Gasteiger partial charge in [-0.2, -0.15) is 18.4 Å². The molecule has 7 heteroatoms. The molecule has 1 rings (SSSR count). The molecule has 0 saturated heterocycles. The van der Waals surface area contributed by atoms with Gasteiger partial charge in [-0.25, -0.2) is 0 Å². The summed E-state index contributed by atoms with van der Waals surface area (Å²) in [6.07, 6.45) is -3.91. The van der Waals surface area contributed by atoms with E-state index in [1.165, 1.54) is 6.07 Å². The van der Waals surface area contributed by atoms with E-state index in [2.05, 4.69) is 4.98 Å². The van der Waals surface area contributed by atoms with E-state index in [0.717, 1.165) is 12.3 Å². The van der Waals surface area contributed by atoms with Gasteiger partial charge in [-0.05, 0) is 17.7 Å². The predicted molar refractivity (Wildman–Crippen MR) is 44.1 cm³/mol. The van der Waals surface area contributed by atoms with Gasteiger partial charge in [-0.3, -0.25) is 9.78 Å². The number of nitrogens with zero attached hydrogens (tertiary/aromatic N) is 2. The molecule has 0 saturated carbocycles. The minimum Gasteiger partial charge on any atom is -0.274 e. The molecule has 1 heterocycles. The van der Waals surface area contributed by atoms with Gasteiger partial charge in [-0.15, -0.1) is 0 Å². The lowest BCUT2D eigenvalue weighted by Gasteiger charge is -2.10. The first-order valence-corrected chi connectivity index (χ1v) is 3.92. The number of hydrogen-bond donors (Lipinski definition) is 0. The molecule has 1 aromatic heterocycles. The number of alkyl halides is 3. The lowest BCUT2D eigenvalue weighted by atomic mass is 10.1. The van der Waals surface area contributed by atoms with Gasteiger partial charge in [0, 0.05) is 6.20 Å². The molecule has 0 aliphatic rings. The second kappa shape index (κ2) is 3.87. The zero-order valence-corrected chi connectivity index (χ0v) is 7.73. The van der Waals surface area contributed by atoms with Crippen molar-refractivity contribution in [3.8, 4) is 6.07 Å². The number of nitriles is 1. The SMILES string of the molecule is N#Cc1ccnc(C(=O)Cl)c1C(F)(F)F. The topological polar surface area (TPSA) is 53.8 Å². The third-order valence-corrected chi connectivity index (χ3v) is 1.72. The van der Waals surface area contributed by atoms with Crippen molar-refractivity contribution in [2.45, 2.75) is 6.18 Å². The molecule has 0 aliphatic heterocycles. The average Bonchev–Trinajstić information content (AvgIpc) is 2.15. The van der Waals surface area contributed by atoms with Crippen molar-refractivity contribution in [2.75, 3.05) is 0 Å². The summed E-state index contributed by atoms with van der Waals surface area (Å²) < 4.78 is 37.4. The monoisotopic (exact) mass is 234 g/mol. The van der Waals surface area contributed by atoms with Crippen molar-refractivity contribution >= 4 is 16.8 Å². The zero-order valence-electron chi connectivity index (χ0n) is 6.97. The fourth-order valence-electron chi connectivity index (χ4n) is 0.991. The van der Waals surface area contributed by atoms with Crippen LogP contribution in [0.1, 0.15) is 21.6 Å². The van der Waals surface area contributed by atoms with Gasteiger partial charge >= 0.3 is 6.18 Å². The third-order valence-electron chi connectivity index (χ3n) is 1.54. The van der Waals surface area contributed by atoms with Gasteiger partial charge in [-0.1, -0.05) is 0 Å². The number of rotatable bonds is 1. The Morgan fingerprint density at radius 1 is 1.53 bits per heavy atom. The summed E-state index contributed by atoms with van der Waals surface area (Å²) in [5, 5.41) is 7.11. The molecule has 0 bridgehead atoms. The lowest BCUT2D eigenvalue weighted by Crippen LogP contribution is -2.15. The van der Waals surface area contributed by atoms with Crippen LogP contribution in [0.25, 0.3) is 0 Å². The van der Waals surface area contributed by atoms with Gasteiger partial charge in [0.2, 0.25) is 0 Å². The molecule has 3 nitrogen and oxygen atoms in total.